The molecule has 0 aliphatic carbocycles. The third kappa shape index (κ3) is 5.19. The molecule has 2 unspecified atom stereocenters. The van der Waals surface area contributed by atoms with Crippen LogP contribution >= 0.6 is 0 Å². The predicted molar refractivity (Wildman–Crippen MR) is 199 cm³/mol. The van der Waals surface area contributed by atoms with Crippen molar-refractivity contribution in [3.05, 3.63) is 179 Å². The van der Waals surface area contributed by atoms with Crippen LogP contribution in [0.2, 0.25) is 0 Å². The van der Waals surface area contributed by atoms with Crippen LogP contribution in [-0.2, 0) is 23.7 Å². The SMILES string of the molecule is CN1/C(=C/C=C/C2=[N+](C)c3ccc4ccccc4c3C2(C)Cc2ccc(F)cc2F)C(C)(Cc2ccc(F)cc2F)c2c1ccc1ccccc21. The Labute approximate surface area is 295 Å². The van der Waals surface area contributed by atoms with Gasteiger partial charge in [0, 0.05) is 53.7 Å². The van der Waals surface area contributed by atoms with Crippen LogP contribution in [0.5, 0.6) is 0 Å². The average molecular weight is 682 g/mol. The van der Waals surface area contributed by atoms with Gasteiger partial charge in [-0.05, 0) is 95.3 Å². The van der Waals surface area contributed by atoms with E-state index in [1.54, 1.807) is 0 Å². The van der Waals surface area contributed by atoms with Gasteiger partial charge in [0.15, 0.2) is 5.71 Å². The molecule has 2 aliphatic heterocycles. The molecule has 0 saturated heterocycles. The van der Waals surface area contributed by atoms with Gasteiger partial charge < -0.3 is 4.90 Å². The summed E-state index contributed by atoms with van der Waals surface area (Å²) in [6, 6.07) is 32.4. The van der Waals surface area contributed by atoms with Crippen molar-refractivity contribution in [2.75, 3.05) is 19.0 Å². The van der Waals surface area contributed by atoms with E-state index in [1.165, 1.54) is 24.3 Å². The third-order valence-electron chi connectivity index (χ3n) is 11.1. The number of fused-ring (bicyclic) bond motifs is 6. The quantitative estimate of drug-likeness (QED) is 0.125. The molecule has 0 saturated carbocycles. The van der Waals surface area contributed by atoms with Crippen molar-refractivity contribution < 1.29 is 22.1 Å². The minimum Gasteiger partial charge on any atom is -0.347 e. The van der Waals surface area contributed by atoms with E-state index in [4.69, 9.17) is 0 Å². The van der Waals surface area contributed by atoms with Gasteiger partial charge in [0.2, 0.25) is 5.69 Å². The number of allylic oxidation sites excluding steroid dienone is 4. The fourth-order valence-electron chi connectivity index (χ4n) is 8.77. The molecule has 8 rings (SSSR count). The first-order valence-electron chi connectivity index (χ1n) is 17.2. The van der Waals surface area contributed by atoms with E-state index in [0.717, 1.165) is 67.6 Å². The zero-order chi connectivity index (χ0) is 35.7. The van der Waals surface area contributed by atoms with Crippen LogP contribution in [0.25, 0.3) is 21.5 Å². The van der Waals surface area contributed by atoms with Crippen LogP contribution in [0.1, 0.15) is 36.1 Å². The number of benzene rings is 6. The number of halogens is 4. The van der Waals surface area contributed by atoms with Gasteiger partial charge in [-0.15, -0.1) is 0 Å². The van der Waals surface area contributed by atoms with Crippen molar-refractivity contribution in [2.24, 2.45) is 0 Å². The molecule has 0 radical (unpaired) electrons. The first kappa shape index (κ1) is 32.7. The monoisotopic (exact) mass is 681 g/mol. The highest BCUT2D eigenvalue weighted by molar-refractivity contribution is 6.08. The molecule has 6 aromatic carbocycles. The molecule has 0 aromatic heterocycles. The Bertz CT molecular complexity index is 2500. The van der Waals surface area contributed by atoms with Gasteiger partial charge in [-0.2, -0.15) is 4.58 Å². The molecule has 6 aromatic rings. The van der Waals surface area contributed by atoms with Crippen molar-refractivity contribution in [3.63, 3.8) is 0 Å². The molecule has 2 nitrogen and oxygen atoms in total. The average Bonchev–Trinajstić information content (AvgIpc) is 3.46. The summed E-state index contributed by atoms with van der Waals surface area (Å²) in [6.45, 7) is 4.25. The number of hydrogen-bond acceptors (Lipinski definition) is 1. The zero-order valence-electron chi connectivity index (χ0n) is 28.9. The third-order valence-corrected chi connectivity index (χ3v) is 11.1. The standard InChI is InChI=1S/C45H37F4N2/c1-44(26-30-16-20-32(46)24-36(30)48)40(50(3)38-22-18-28-10-5-7-12-34(28)42(38)44)14-9-15-41-45(2,27-31-17-21-33(47)25-37(31)49)43-35-13-8-6-11-29(35)19-23-39(43)51(41)4/h5-25H,26-27H2,1-4H3/q+1. The van der Waals surface area contributed by atoms with E-state index in [1.807, 2.05) is 44.4 Å². The molecular formula is C45H37F4N2+. The van der Waals surface area contributed by atoms with Gasteiger partial charge in [-0.3, -0.25) is 0 Å². The van der Waals surface area contributed by atoms with E-state index in [2.05, 4.69) is 84.0 Å². The number of anilines is 1. The molecule has 51 heavy (non-hydrogen) atoms. The lowest BCUT2D eigenvalue weighted by Crippen LogP contribution is -2.33. The summed E-state index contributed by atoms with van der Waals surface area (Å²) in [5.74, 6) is -2.35. The van der Waals surface area contributed by atoms with Crippen LogP contribution in [-0.4, -0.2) is 24.4 Å². The fourth-order valence-corrected chi connectivity index (χ4v) is 8.77. The van der Waals surface area contributed by atoms with Crippen LogP contribution < -0.4 is 4.90 Å². The Morgan fingerprint density at radius 3 is 1.80 bits per heavy atom. The lowest BCUT2D eigenvalue weighted by molar-refractivity contribution is -0.401. The van der Waals surface area contributed by atoms with Crippen LogP contribution in [0, 0.1) is 23.3 Å². The second kappa shape index (κ2) is 12.1. The first-order chi connectivity index (χ1) is 24.5. The predicted octanol–water partition coefficient (Wildman–Crippen LogP) is 10.9. The summed E-state index contributed by atoms with van der Waals surface area (Å²) in [7, 11) is 4.05. The molecule has 6 heteroatoms. The smallest absolute Gasteiger partial charge is 0.210 e. The lowest BCUT2D eigenvalue weighted by Gasteiger charge is -2.30. The summed E-state index contributed by atoms with van der Waals surface area (Å²) in [5, 5.41) is 4.34. The maximum atomic E-state index is 15.3. The summed E-state index contributed by atoms with van der Waals surface area (Å²) in [4.78, 5) is 2.16. The van der Waals surface area contributed by atoms with Crippen LogP contribution in [0.3, 0.4) is 0 Å². The Hall–Kier alpha value is -5.49. The molecule has 0 bridgehead atoms. The van der Waals surface area contributed by atoms with E-state index >= 15 is 8.78 Å². The zero-order valence-corrected chi connectivity index (χ0v) is 28.9. The second-order valence-corrected chi connectivity index (χ2v) is 14.3. The Morgan fingerprint density at radius 1 is 0.647 bits per heavy atom. The molecule has 2 atom stereocenters. The molecular weight excluding hydrogens is 645 g/mol. The van der Waals surface area contributed by atoms with Crippen molar-refractivity contribution in [2.45, 2.75) is 37.5 Å². The van der Waals surface area contributed by atoms with E-state index in [-0.39, 0.29) is 0 Å². The summed E-state index contributed by atoms with van der Waals surface area (Å²) < 4.78 is 60.8. The van der Waals surface area contributed by atoms with Gasteiger partial charge in [0.25, 0.3) is 0 Å². The van der Waals surface area contributed by atoms with Crippen molar-refractivity contribution in [3.8, 4) is 0 Å². The Morgan fingerprint density at radius 2 is 1.20 bits per heavy atom. The number of likely N-dealkylation sites (N-methyl/N-ethyl adjacent to an activating group) is 1. The van der Waals surface area contributed by atoms with E-state index in [0.29, 0.717) is 24.0 Å². The minimum atomic E-state index is -0.667. The normalized spacial score (nSPS) is 20.7. The summed E-state index contributed by atoms with van der Waals surface area (Å²) >= 11 is 0. The van der Waals surface area contributed by atoms with Gasteiger partial charge in [-0.1, -0.05) is 72.8 Å². The highest BCUT2D eigenvalue weighted by Gasteiger charge is 2.48. The number of hydrogen-bond donors (Lipinski definition) is 0. The molecule has 0 spiro atoms. The molecule has 2 heterocycles. The number of nitrogens with zero attached hydrogens (tertiary/aromatic N) is 2. The number of rotatable bonds is 6. The van der Waals surface area contributed by atoms with E-state index < -0.39 is 34.1 Å². The van der Waals surface area contributed by atoms with Crippen molar-refractivity contribution in [1.29, 1.82) is 0 Å². The van der Waals surface area contributed by atoms with E-state index in [9.17, 15) is 8.78 Å². The lowest BCUT2D eigenvalue weighted by atomic mass is 9.72. The molecule has 2 aliphatic rings. The van der Waals surface area contributed by atoms with Crippen molar-refractivity contribution >= 4 is 38.6 Å². The van der Waals surface area contributed by atoms with Crippen LogP contribution in [0.15, 0.2) is 133 Å². The summed E-state index contributed by atoms with van der Waals surface area (Å²) in [6.07, 6.45) is 6.83. The Kier molecular flexibility index (Phi) is 7.75. The van der Waals surface area contributed by atoms with Gasteiger partial charge in [0.1, 0.15) is 30.3 Å². The summed E-state index contributed by atoms with van der Waals surface area (Å²) in [5.41, 5.74) is 5.70. The van der Waals surface area contributed by atoms with Crippen LogP contribution in [0.4, 0.5) is 28.9 Å². The fraction of sp³-hybridized carbons (Fsp3) is 0.178. The first-order valence-corrected chi connectivity index (χ1v) is 17.2. The van der Waals surface area contributed by atoms with Gasteiger partial charge in [-0.25, -0.2) is 17.6 Å². The van der Waals surface area contributed by atoms with Crippen molar-refractivity contribution in [1.82, 2.24) is 0 Å². The highest BCUT2D eigenvalue weighted by Crippen LogP contribution is 2.52. The topological polar surface area (TPSA) is 6.25 Å². The largest absolute Gasteiger partial charge is 0.347 e. The van der Waals surface area contributed by atoms with Gasteiger partial charge in [0.05, 0.1) is 5.41 Å². The molecule has 0 amide bonds. The Balaban J connectivity index is 1.28. The highest BCUT2D eigenvalue weighted by atomic mass is 19.1. The maximum absolute atomic E-state index is 15.3. The van der Waals surface area contributed by atoms with Gasteiger partial charge >= 0.3 is 0 Å². The molecule has 254 valence electrons. The molecule has 0 N–H and O–H groups in total. The second-order valence-electron chi connectivity index (χ2n) is 14.3. The molecule has 0 fully saturated rings. The minimum absolute atomic E-state index is 0.319. The maximum Gasteiger partial charge on any atom is 0.210 e.